The fourth-order valence-corrected chi connectivity index (χ4v) is 0.557. The molecule has 0 aromatic carbocycles. The van der Waals surface area contributed by atoms with Crippen molar-refractivity contribution in [3.05, 3.63) is 0 Å². The molecule has 0 heterocycles. The van der Waals surface area contributed by atoms with Crippen molar-refractivity contribution in [2.45, 2.75) is 19.4 Å². The molecule has 0 aliphatic heterocycles. The molecule has 2 N–H and O–H groups in total. The molecule has 0 aromatic rings. The Bertz CT molecular complexity index is 67.1. The number of halogens is 2. The van der Waals surface area contributed by atoms with Crippen LogP contribution in [-0.2, 0) is 0 Å². The Hall–Kier alpha value is 0.690. The van der Waals surface area contributed by atoms with Crippen LogP contribution in [0.3, 0.4) is 0 Å². The zero-order valence-corrected chi connectivity index (χ0v) is 7.30. The average molecular weight is 201 g/mol. The van der Waals surface area contributed by atoms with E-state index in [1.165, 1.54) is 0 Å². The first-order valence-corrected chi connectivity index (χ1v) is 3.81. The van der Waals surface area contributed by atoms with E-state index >= 15 is 0 Å². The Balaban J connectivity index is 3.37. The number of rotatable bonds is 3. The molecule has 50 valence electrons. The lowest BCUT2D eigenvalue weighted by Gasteiger charge is -2.20. The lowest BCUT2D eigenvalue weighted by Crippen LogP contribution is -2.45. The van der Waals surface area contributed by atoms with Crippen molar-refractivity contribution < 1.29 is 0 Å². The molecule has 0 fully saturated rings. The van der Waals surface area contributed by atoms with Crippen LogP contribution in [-0.4, -0.2) is 10.9 Å². The monoisotopic (exact) mass is 200 g/mol. The van der Waals surface area contributed by atoms with Crippen LogP contribution in [0.25, 0.3) is 0 Å². The van der Waals surface area contributed by atoms with Gasteiger partial charge >= 0.3 is 0 Å². The van der Waals surface area contributed by atoms with Gasteiger partial charge in [0.25, 0.3) is 0 Å². The first-order valence-electron chi connectivity index (χ1n) is 2.31. The maximum absolute atomic E-state index is 5.18. The molecular weight excluding hydrogens is 191 g/mol. The van der Waals surface area contributed by atoms with E-state index in [1.807, 2.05) is 13.8 Å². The van der Waals surface area contributed by atoms with Gasteiger partial charge < -0.3 is 0 Å². The summed E-state index contributed by atoms with van der Waals surface area (Å²) in [6.07, 6.45) is 0. The molecule has 0 radical (unpaired) electrons. The fourth-order valence-electron chi connectivity index (χ4n) is 0.161. The van der Waals surface area contributed by atoms with Crippen molar-refractivity contribution in [3.63, 3.8) is 0 Å². The number of hydrogen-bond acceptors (Lipinski definition) is 2. The second-order valence-electron chi connectivity index (χ2n) is 2.24. The standard InChI is InChI=1S/C4H10BrClN2/c1-4(2,3-5)7-8-6/h7-8H,3H2,1-2H3. The molecule has 4 heteroatoms. The highest BCUT2D eigenvalue weighted by atomic mass is 79.9. The lowest BCUT2D eigenvalue weighted by molar-refractivity contribution is 0.422. The van der Waals surface area contributed by atoms with Gasteiger partial charge in [0.05, 0.1) is 0 Å². The van der Waals surface area contributed by atoms with E-state index in [4.69, 9.17) is 11.8 Å². The maximum atomic E-state index is 5.18. The quantitative estimate of drug-likeness (QED) is 0.410. The SMILES string of the molecule is CC(C)(CBr)NNCl. The van der Waals surface area contributed by atoms with Crippen molar-refractivity contribution in [1.29, 1.82) is 0 Å². The van der Waals surface area contributed by atoms with Gasteiger partial charge in [0.1, 0.15) is 0 Å². The van der Waals surface area contributed by atoms with Crippen molar-refractivity contribution >= 4 is 27.7 Å². The van der Waals surface area contributed by atoms with Gasteiger partial charge in [-0.25, -0.2) is 5.43 Å². The van der Waals surface area contributed by atoms with E-state index in [1.54, 1.807) is 0 Å². The minimum Gasteiger partial charge on any atom is -0.237 e. The first-order chi connectivity index (χ1) is 3.62. The number of nitrogens with one attached hydrogen (secondary N) is 2. The molecule has 0 bridgehead atoms. The van der Waals surface area contributed by atoms with E-state index in [9.17, 15) is 0 Å². The predicted molar refractivity (Wildman–Crippen MR) is 40.0 cm³/mol. The first kappa shape index (κ1) is 8.69. The minimum atomic E-state index is 0.0156. The van der Waals surface area contributed by atoms with Crippen molar-refractivity contribution in [1.82, 2.24) is 10.4 Å². The van der Waals surface area contributed by atoms with Crippen LogP contribution in [0.15, 0.2) is 0 Å². The van der Waals surface area contributed by atoms with E-state index < -0.39 is 0 Å². The smallest absolute Gasteiger partial charge is 0.0376 e. The molecule has 0 saturated carbocycles. The molecule has 0 amide bonds. The normalized spacial score (nSPS) is 12.0. The van der Waals surface area contributed by atoms with Crippen LogP contribution >= 0.6 is 27.7 Å². The summed E-state index contributed by atoms with van der Waals surface area (Å²) < 4.78 is 0. The molecule has 0 spiro atoms. The van der Waals surface area contributed by atoms with Crippen LogP contribution in [0, 0.1) is 0 Å². The summed E-state index contributed by atoms with van der Waals surface area (Å²) >= 11 is 8.49. The summed E-state index contributed by atoms with van der Waals surface area (Å²) in [5.74, 6) is 0. The highest BCUT2D eigenvalue weighted by molar-refractivity contribution is 9.09. The minimum absolute atomic E-state index is 0.0156. The second-order valence-corrected chi connectivity index (χ2v) is 2.99. The molecule has 8 heavy (non-hydrogen) atoms. The third-order valence-electron chi connectivity index (χ3n) is 0.720. The van der Waals surface area contributed by atoms with Crippen LogP contribution < -0.4 is 10.4 Å². The molecule has 0 rings (SSSR count). The van der Waals surface area contributed by atoms with Crippen LogP contribution in [0.4, 0.5) is 0 Å². The summed E-state index contributed by atoms with van der Waals surface area (Å²) in [5.41, 5.74) is 2.86. The zero-order chi connectivity index (χ0) is 6.62. The zero-order valence-electron chi connectivity index (χ0n) is 4.96. The third-order valence-corrected chi connectivity index (χ3v) is 2.22. The molecule has 2 nitrogen and oxygen atoms in total. The van der Waals surface area contributed by atoms with Gasteiger partial charge in [0.15, 0.2) is 0 Å². The van der Waals surface area contributed by atoms with Gasteiger partial charge in [-0.1, -0.05) is 15.9 Å². The lowest BCUT2D eigenvalue weighted by atomic mass is 10.1. The molecular formula is C4H10BrClN2. The van der Waals surface area contributed by atoms with Crippen LogP contribution in [0.5, 0.6) is 0 Å². The number of hydrogen-bond donors (Lipinski definition) is 2. The van der Waals surface area contributed by atoms with E-state index in [0.717, 1.165) is 5.33 Å². The highest BCUT2D eigenvalue weighted by Crippen LogP contribution is 2.03. The molecule has 0 aliphatic rings. The van der Waals surface area contributed by atoms with Crippen LogP contribution in [0.1, 0.15) is 13.8 Å². The largest absolute Gasteiger partial charge is 0.237 e. The summed E-state index contributed by atoms with van der Waals surface area (Å²) in [7, 11) is 0. The van der Waals surface area contributed by atoms with Gasteiger partial charge in [-0.15, -0.1) is 0 Å². The molecule has 0 aromatic heterocycles. The maximum Gasteiger partial charge on any atom is 0.0376 e. The summed E-state index contributed by atoms with van der Waals surface area (Å²) in [4.78, 5) is 2.35. The van der Waals surface area contributed by atoms with Gasteiger partial charge in [0, 0.05) is 10.9 Å². The number of hydrazine groups is 1. The fraction of sp³-hybridized carbons (Fsp3) is 1.00. The van der Waals surface area contributed by atoms with Gasteiger partial charge in [-0.05, 0) is 25.6 Å². The van der Waals surface area contributed by atoms with Crippen molar-refractivity contribution in [3.8, 4) is 0 Å². The summed E-state index contributed by atoms with van der Waals surface area (Å²) in [5, 5.41) is 0.861. The average Bonchev–Trinajstić information content (AvgIpc) is 1.67. The van der Waals surface area contributed by atoms with Crippen molar-refractivity contribution in [2.24, 2.45) is 0 Å². The Morgan fingerprint density at radius 1 is 1.62 bits per heavy atom. The summed E-state index contributed by atoms with van der Waals surface area (Å²) in [6, 6.07) is 0. The van der Waals surface area contributed by atoms with E-state index in [2.05, 4.69) is 26.3 Å². The van der Waals surface area contributed by atoms with E-state index in [0.29, 0.717) is 0 Å². The topological polar surface area (TPSA) is 24.1 Å². The Morgan fingerprint density at radius 2 is 2.12 bits per heavy atom. The van der Waals surface area contributed by atoms with Gasteiger partial charge in [-0.3, -0.25) is 0 Å². The molecule has 0 atom stereocenters. The van der Waals surface area contributed by atoms with Crippen molar-refractivity contribution in [2.75, 3.05) is 5.33 Å². The summed E-state index contributed by atoms with van der Waals surface area (Å²) in [6.45, 7) is 4.05. The van der Waals surface area contributed by atoms with Crippen LogP contribution in [0.2, 0.25) is 0 Å². The Labute approximate surface area is 63.2 Å². The molecule has 0 unspecified atom stereocenters. The molecule has 0 aliphatic carbocycles. The third kappa shape index (κ3) is 3.66. The number of alkyl halides is 1. The second kappa shape index (κ2) is 3.67. The Kier molecular flexibility index (Phi) is 3.98. The van der Waals surface area contributed by atoms with E-state index in [-0.39, 0.29) is 5.54 Å². The predicted octanol–water partition coefficient (Wildman–Crippen LogP) is 1.41. The molecule has 0 saturated heterocycles. The van der Waals surface area contributed by atoms with Gasteiger partial charge in [0.2, 0.25) is 0 Å². The Morgan fingerprint density at radius 3 is 2.25 bits per heavy atom. The van der Waals surface area contributed by atoms with Gasteiger partial charge in [-0.2, -0.15) is 4.94 Å². The highest BCUT2D eigenvalue weighted by Gasteiger charge is 2.12.